The van der Waals surface area contributed by atoms with Crippen molar-refractivity contribution < 1.29 is 4.74 Å². The summed E-state index contributed by atoms with van der Waals surface area (Å²) in [6.45, 7) is 7.14. The largest absolute Gasteiger partial charge is 0.383 e. The molecular weight excluding hydrogens is 268 g/mol. The second-order valence-corrected chi connectivity index (χ2v) is 6.34. The lowest BCUT2D eigenvalue weighted by Gasteiger charge is -2.22. The number of aryl methyl sites for hydroxylation is 1. The third kappa shape index (κ3) is 3.81. The number of methoxy groups -OCH3 is 1. The second-order valence-electron chi connectivity index (χ2n) is 5.28. The molecule has 0 aliphatic rings. The number of ether oxygens (including phenoxy) is 1. The van der Waals surface area contributed by atoms with Crippen LogP contribution in [0.5, 0.6) is 0 Å². The van der Waals surface area contributed by atoms with E-state index >= 15 is 0 Å². The van der Waals surface area contributed by atoms with Crippen LogP contribution in [0.4, 0.5) is 5.69 Å². The fraction of sp³-hybridized carbons (Fsp3) is 0.438. The molecule has 1 heterocycles. The number of nitrogens with one attached hydrogen (secondary N) is 1. The van der Waals surface area contributed by atoms with Crippen molar-refractivity contribution in [3.63, 3.8) is 0 Å². The van der Waals surface area contributed by atoms with Gasteiger partial charge in [0.1, 0.15) is 0 Å². The SMILES string of the molecule is COCC(Nc1ccc(-c2csc(C)n2)cc1)C(C)C. The maximum absolute atomic E-state index is 5.26. The van der Waals surface area contributed by atoms with Crippen LogP contribution >= 0.6 is 11.3 Å². The monoisotopic (exact) mass is 290 g/mol. The Kier molecular flexibility index (Phi) is 5.15. The van der Waals surface area contributed by atoms with E-state index in [1.807, 2.05) is 6.92 Å². The summed E-state index contributed by atoms with van der Waals surface area (Å²) in [6, 6.07) is 8.76. The Labute approximate surface area is 125 Å². The number of hydrogen-bond donors (Lipinski definition) is 1. The Morgan fingerprint density at radius 2 is 1.95 bits per heavy atom. The van der Waals surface area contributed by atoms with Crippen LogP contribution in [0.15, 0.2) is 29.6 Å². The first-order valence-corrected chi connectivity index (χ1v) is 7.76. The lowest BCUT2D eigenvalue weighted by atomic mass is 10.0. The molecule has 0 fully saturated rings. The highest BCUT2D eigenvalue weighted by atomic mass is 32.1. The van der Waals surface area contributed by atoms with Crippen LogP contribution in [0.3, 0.4) is 0 Å². The van der Waals surface area contributed by atoms with Gasteiger partial charge < -0.3 is 10.1 Å². The zero-order chi connectivity index (χ0) is 14.5. The van der Waals surface area contributed by atoms with Gasteiger partial charge in [-0.25, -0.2) is 4.98 Å². The minimum atomic E-state index is 0.326. The minimum Gasteiger partial charge on any atom is -0.383 e. The van der Waals surface area contributed by atoms with Gasteiger partial charge in [0.15, 0.2) is 0 Å². The molecule has 2 aromatic rings. The second kappa shape index (κ2) is 6.86. The zero-order valence-electron chi connectivity index (χ0n) is 12.5. The number of thiazole rings is 1. The first-order valence-electron chi connectivity index (χ1n) is 6.88. The van der Waals surface area contributed by atoms with Gasteiger partial charge in [-0.15, -0.1) is 11.3 Å². The number of aromatic nitrogens is 1. The Bertz CT molecular complexity index is 534. The quantitative estimate of drug-likeness (QED) is 0.865. The van der Waals surface area contributed by atoms with Gasteiger partial charge in [0, 0.05) is 23.7 Å². The van der Waals surface area contributed by atoms with Gasteiger partial charge in [0.05, 0.1) is 23.4 Å². The predicted octanol–water partition coefficient (Wildman–Crippen LogP) is 4.20. The van der Waals surface area contributed by atoms with Crippen molar-refractivity contribution in [2.45, 2.75) is 26.8 Å². The number of benzene rings is 1. The molecule has 0 aliphatic heterocycles. The summed E-state index contributed by atoms with van der Waals surface area (Å²) in [4.78, 5) is 4.51. The molecule has 4 heteroatoms. The highest BCUT2D eigenvalue weighted by Gasteiger charge is 2.12. The summed E-state index contributed by atoms with van der Waals surface area (Å²) in [6.07, 6.45) is 0. The average Bonchev–Trinajstić information content (AvgIpc) is 2.85. The van der Waals surface area contributed by atoms with Gasteiger partial charge in [-0.2, -0.15) is 0 Å². The first kappa shape index (κ1) is 15.0. The molecule has 1 unspecified atom stereocenters. The molecular formula is C16H22N2OS. The van der Waals surface area contributed by atoms with Gasteiger partial charge >= 0.3 is 0 Å². The highest BCUT2D eigenvalue weighted by molar-refractivity contribution is 7.09. The lowest BCUT2D eigenvalue weighted by molar-refractivity contribution is 0.171. The van der Waals surface area contributed by atoms with Gasteiger partial charge in [0.25, 0.3) is 0 Å². The van der Waals surface area contributed by atoms with Crippen LogP contribution in [-0.2, 0) is 4.74 Å². The van der Waals surface area contributed by atoms with Crippen molar-refractivity contribution in [3.8, 4) is 11.3 Å². The molecule has 108 valence electrons. The van der Waals surface area contributed by atoms with E-state index < -0.39 is 0 Å². The summed E-state index contributed by atoms with van der Waals surface area (Å²) in [5.41, 5.74) is 3.33. The van der Waals surface area contributed by atoms with Crippen LogP contribution in [0, 0.1) is 12.8 Å². The van der Waals surface area contributed by atoms with Crippen LogP contribution < -0.4 is 5.32 Å². The van der Waals surface area contributed by atoms with Crippen LogP contribution in [0.2, 0.25) is 0 Å². The summed E-state index contributed by atoms with van der Waals surface area (Å²) in [5, 5.41) is 6.72. The summed E-state index contributed by atoms with van der Waals surface area (Å²) < 4.78 is 5.26. The molecule has 2 rings (SSSR count). The third-order valence-corrected chi connectivity index (χ3v) is 4.08. The van der Waals surface area contributed by atoms with E-state index in [9.17, 15) is 0 Å². The Morgan fingerprint density at radius 3 is 2.45 bits per heavy atom. The molecule has 0 bridgehead atoms. The topological polar surface area (TPSA) is 34.1 Å². The summed E-state index contributed by atoms with van der Waals surface area (Å²) >= 11 is 1.68. The molecule has 20 heavy (non-hydrogen) atoms. The maximum atomic E-state index is 5.26. The maximum Gasteiger partial charge on any atom is 0.0901 e. The molecule has 0 spiro atoms. The molecule has 1 atom stereocenters. The van der Waals surface area contributed by atoms with E-state index in [2.05, 4.69) is 53.8 Å². The third-order valence-electron chi connectivity index (χ3n) is 3.30. The van der Waals surface area contributed by atoms with Crippen molar-refractivity contribution in [3.05, 3.63) is 34.7 Å². The number of hydrogen-bond acceptors (Lipinski definition) is 4. The van der Waals surface area contributed by atoms with Gasteiger partial charge in [-0.3, -0.25) is 0 Å². The van der Waals surface area contributed by atoms with Crippen molar-refractivity contribution in [1.29, 1.82) is 0 Å². The average molecular weight is 290 g/mol. The van der Waals surface area contributed by atoms with Gasteiger partial charge in [-0.1, -0.05) is 26.0 Å². The molecule has 0 amide bonds. The normalized spacial score (nSPS) is 12.7. The molecule has 0 aliphatic carbocycles. The standard InChI is InChI=1S/C16H22N2OS/c1-11(2)15(9-19-4)18-14-7-5-13(6-8-14)16-10-20-12(3)17-16/h5-8,10-11,15,18H,9H2,1-4H3. The molecule has 3 nitrogen and oxygen atoms in total. The van der Waals surface area contributed by atoms with E-state index in [-0.39, 0.29) is 0 Å². The lowest BCUT2D eigenvalue weighted by Crippen LogP contribution is -2.30. The van der Waals surface area contributed by atoms with E-state index in [1.54, 1.807) is 18.4 Å². The molecule has 1 aromatic carbocycles. The van der Waals surface area contributed by atoms with Crippen LogP contribution in [0.25, 0.3) is 11.3 Å². The first-order chi connectivity index (χ1) is 9.60. The fourth-order valence-corrected chi connectivity index (χ4v) is 2.65. The van der Waals surface area contributed by atoms with Crippen molar-refractivity contribution >= 4 is 17.0 Å². The number of rotatable bonds is 6. The van der Waals surface area contributed by atoms with E-state index in [1.165, 1.54) is 0 Å². The van der Waals surface area contributed by atoms with E-state index in [4.69, 9.17) is 4.74 Å². The number of nitrogens with zero attached hydrogens (tertiary/aromatic N) is 1. The Morgan fingerprint density at radius 1 is 1.25 bits per heavy atom. The molecule has 0 saturated carbocycles. The minimum absolute atomic E-state index is 0.326. The fourth-order valence-electron chi connectivity index (χ4n) is 2.03. The molecule has 1 aromatic heterocycles. The van der Waals surface area contributed by atoms with Gasteiger partial charge in [0.2, 0.25) is 0 Å². The predicted molar refractivity (Wildman–Crippen MR) is 86.4 cm³/mol. The molecule has 1 N–H and O–H groups in total. The summed E-state index contributed by atoms with van der Waals surface area (Å²) in [5.74, 6) is 0.524. The number of anilines is 1. The van der Waals surface area contributed by atoms with Crippen LogP contribution in [-0.4, -0.2) is 24.7 Å². The smallest absolute Gasteiger partial charge is 0.0901 e. The molecule has 0 radical (unpaired) electrons. The zero-order valence-corrected chi connectivity index (χ0v) is 13.3. The summed E-state index contributed by atoms with van der Waals surface area (Å²) in [7, 11) is 1.74. The molecule has 0 saturated heterocycles. The van der Waals surface area contributed by atoms with Crippen molar-refractivity contribution in [2.24, 2.45) is 5.92 Å². The van der Waals surface area contributed by atoms with E-state index in [0.717, 1.165) is 22.0 Å². The van der Waals surface area contributed by atoms with Crippen molar-refractivity contribution in [2.75, 3.05) is 19.0 Å². The Hall–Kier alpha value is -1.39. The Balaban J connectivity index is 2.08. The van der Waals surface area contributed by atoms with Crippen molar-refractivity contribution in [1.82, 2.24) is 4.98 Å². The van der Waals surface area contributed by atoms with Crippen LogP contribution in [0.1, 0.15) is 18.9 Å². The van der Waals surface area contributed by atoms with E-state index in [0.29, 0.717) is 18.6 Å². The van der Waals surface area contributed by atoms with Gasteiger partial charge in [-0.05, 0) is 25.0 Å². The highest BCUT2D eigenvalue weighted by Crippen LogP contribution is 2.23.